The van der Waals surface area contributed by atoms with Crippen LogP contribution >= 0.6 is 11.6 Å². The molecule has 7 nitrogen and oxygen atoms in total. The highest BCUT2D eigenvalue weighted by molar-refractivity contribution is 6.30. The fraction of sp³-hybridized carbons (Fsp3) is 0.545. The Morgan fingerprint density at radius 3 is 2.70 bits per heavy atom. The van der Waals surface area contributed by atoms with E-state index in [1.807, 2.05) is 19.1 Å². The molecule has 0 aliphatic carbocycles. The smallest absolute Gasteiger partial charge is 0.243 e. The molecule has 1 aromatic heterocycles. The molecule has 1 aliphatic heterocycles. The zero-order valence-electron chi connectivity index (χ0n) is 18.1. The van der Waals surface area contributed by atoms with Crippen molar-refractivity contribution in [3.05, 3.63) is 41.4 Å². The third kappa shape index (κ3) is 5.39. The van der Waals surface area contributed by atoms with Crippen LogP contribution in [0.3, 0.4) is 0 Å². The van der Waals surface area contributed by atoms with Gasteiger partial charge >= 0.3 is 0 Å². The van der Waals surface area contributed by atoms with E-state index in [1.165, 1.54) is 6.33 Å². The van der Waals surface area contributed by atoms with Gasteiger partial charge in [0.05, 0.1) is 5.69 Å². The Kier molecular flexibility index (Phi) is 6.81. The van der Waals surface area contributed by atoms with Crippen molar-refractivity contribution >= 4 is 23.4 Å². The topological polar surface area (TPSA) is 80.1 Å². The van der Waals surface area contributed by atoms with Crippen LogP contribution in [0.15, 0.2) is 30.9 Å². The number of nitrogens with one attached hydrogen (secondary N) is 1. The minimum atomic E-state index is -0.429. The van der Waals surface area contributed by atoms with Gasteiger partial charge in [-0.2, -0.15) is 5.10 Å². The second kappa shape index (κ2) is 9.16. The van der Waals surface area contributed by atoms with E-state index in [4.69, 9.17) is 11.6 Å². The average molecular weight is 432 g/mol. The number of benzene rings is 1. The number of likely N-dealkylation sites (tertiary alicyclic amines) is 1. The quantitative estimate of drug-likeness (QED) is 0.755. The molecule has 2 aromatic rings. The Morgan fingerprint density at radius 1 is 1.27 bits per heavy atom. The number of amides is 2. The van der Waals surface area contributed by atoms with Crippen molar-refractivity contribution in [1.29, 1.82) is 0 Å². The van der Waals surface area contributed by atoms with E-state index in [0.717, 1.165) is 24.1 Å². The molecule has 1 aliphatic rings. The summed E-state index contributed by atoms with van der Waals surface area (Å²) in [5, 5.41) is 7.74. The maximum atomic E-state index is 13.0. The molecule has 2 atom stereocenters. The summed E-state index contributed by atoms with van der Waals surface area (Å²) in [4.78, 5) is 31.6. The molecule has 0 spiro atoms. The number of nitrogens with zero attached hydrogens (tertiary/aromatic N) is 4. The Labute approximate surface area is 182 Å². The fourth-order valence-electron chi connectivity index (χ4n) is 3.82. The summed E-state index contributed by atoms with van der Waals surface area (Å²) in [5.74, 6) is -0.0749. The summed E-state index contributed by atoms with van der Waals surface area (Å²) in [6, 6.07) is 5.07. The normalized spacial score (nSPS) is 19.2. The second-order valence-electron chi connectivity index (χ2n) is 9.13. The van der Waals surface area contributed by atoms with Crippen LogP contribution in [0.25, 0.3) is 5.69 Å². The molecule has 1 aromatic carbocycles. The van der Waals surface area contributed by atoms with Gasteiger partial charge in [0.25, 0.3) is 0 Å². The zero-order valence-corrected chi connectivity index (χ0v) is 18.8. The first-order chi connectivity index (χ1) is 14.2. The molecule has 1 fully saturated rings. The molecular formula is C22H30ClN5O2. The molecule has 2 heterocycles. The van der Waals surface area contributed by atoms with Crippen LogP contribution in [0.1, 0.15) is 58.9 Å². The first kappa shape index (κ1) is 22.3. The largest absolute Gasteiger partial charge is 0.350 e. The van der Waals surface area contributed by atoms with Crippen molar-refractivity contribution < 1.29 is 9.59 Å². The molecule has 2 amide bonds. The number of hydrogen-bond acceptors (Lipinski definition) is 4. The lowest BCUT2D eigenvalue weighted by Gasteiger charge is -2.29. The lowest BCUT2D eigenvalue weighted by atomic mass is 9.90. The first-order valence-corrected chi connectivity index (χ1v) is 10.8. The van der Waals surface area contributed by atoms with Gasteiger partial charge < -0.3 is 10.2 Å². The minimum absolute atomic E-state index is 0.0566. The average Bonchev–Trinajstić information content (AvgIpc) is 3.33. The van der Waals surface area contributed by atoms with Crippen molar-refractivity contribution in [2.24, 2.45) is 5.41 Å². The molecule has 0 bridgehead atoms. The fourth-order valence-corrected chi connectivity index (χ4v) is 4.02. The standard InChI is InChI=1S/C22H30ClN5O2/c1-15-5-7-19(28(15)20(29)9-10-22(2,3)4)21(30)25-12-16-11-17(23)6-8-18(16)27-14-24-13-26-27/h6,8,11,13-15,19H,5,7,9-10,12H2,1-4H3,(H,25,30). The lowest BCUT2D eigenvalue weighted by Crippen LogP contribution is -2.48. The SMILES string of the molecule is CC1CCC(C(=O)NCc2cc(Cl)ccc2-n2cncn2)N1C(=O)CCC(C)(C)C. The number of hydrogen-bond donors (Lipinski definition) is 1. The van der Waals surface area contributed by atoms with Crippen molar-refractivity contribution in [2.75, 3.05) is 0 Å². The molecule has 162 valence electrons. The third-order valence-corrected chi connectivity index (χ3v) is 5.74. The molecule has 1 saturated heterocycles. The van der Waals surface area contributed by atoms with Gasteiger partial charge in [-0.15, -0.1) is 0 Å². The Morgan fingerprint density at radius 2 is 2.03 bits per heavy atom. The molecule has 1 N–H and O–H groups in total. The maximum absolute atomic E-state index is 13.0. The van der Waals surface area contributed by atoms with Gasteiger partial charge in [0.2, 0.25) is 11.8 Å². The Bertz CT molecular complexity index is 891. The van der Waals surface area contributed by atoms with Crippen molar-refractivity contribution in [1.82, 2.24) is 25.0 Å². The van der Waals surface area contributed by atoms with Crippen LogP contribution in [0, 0.1) is 5.41 Å². The van der Waals surface area contributed by atoms with E-state index in [0.29, 0.717) is 24.4 Å². The maximum Gasteiger partial charge on any atom is 0.243 e. The number of carbonyl (C=O) groups excluding carboxylic acids is 2. The van der Waals surface area contributed by atoms with E-state index in [9.17, 15) is 9.59 Å². The Hall–Kier alpha value is -2.41. The summed E-state index contributed by atoms with van der Waals surface area (Å²) in [5.41, 5.74) is 1.72. The first-order valence-electron chi connectivity index (χ1n) is 10.4. The Balaban J connectivity index is 1.68. The molecule has 3 rings (SSSR count). The third-order valence-electron chi connectivity index (χ3n) is 5.51. The second-order valence-corrected chi connectivity index (χ2v) is 9.57. The van der Waals surface area contributed by atoms with Crippen molar-refractivity contribution in [3.63, 3.8) is 0 Å². The number of aromatic nitrogens is 3. The number of rotatable bonds is 6. The van der Waals surface area contributed by atoms with Crippen LogP contribution in [0.5, 0.6) is 0 Å². The van der Waals surface area contributed by atoms with Crippen LogP contribution in [-0.2, 0) is 16.1 Å². The highest BCUT2D eigenvalue weighted by Crippen LogP contribution is 2.28. The minimum Gasteiger partial charge on any atom is -0.350 e. The lowest BCUT2D eigenvalue weighted by molar-refractivity contribution is -0.140. The van der Waals surface area contributed by atoms with E-state index in [1.54, 1.807) is 22.0 Å². The van der Waals surface area contributed by atoms with Gasteiger partial charge in [-0.25, -0.2) is 9.67 Å². The van der Waals surface area contributed by atoms with Gasteiger partial charge in [0.1, 0.15) is 18.7 Å². The summed E-state index contributed by atoms with van der Waals surface area (Å²) in [6.07, 6.45) is 5.83. The molecule has 0 radical (unpaired) electrons. The molecule has 8 heteroatoms. The monoisotopic (exact) mass is 431 g/mol. The molecular weight excluding hydrogens is 402 g/mol. The van der Waals surface area contributed by atoms with Gasteiger partial charge in [0, 0.05) is 24.0 Å². The summed E-state index contributed by atoms with van der Waals surface area (Å²) >= 11 is 6.17. The highest BCUT2D eigenvalue weighted by Gasteiger charge is 2.38. The van der Waals surface area contributed by atoms with Crippen LogP contribution < -0.4 is 5.32 Å². The number of halogens is 1. The van der Waals surface area contributed by atoms with E-state index in [-0.39, 0.29) is 23.3 Å². The number of carbonyl (C=O) groups is 2. The van der Waals surface area contributed by atoms with Crippen molar-refractivity contribution in [2.45, 2.75) is 72.0 Å². The summed E-state index contributed by atoms with van der Waals surface area (Å²) in [6.45, 7) is 8.67. The molecule has 30 heavy (non-hydrogen) atoms. The highest BCUT2D eigenvalue weighted by atomic mass is 35.5. The van der Waals surface area contributed by atoms with E-state index >= 15 is 0 Å². The van der Waals surface area contributed by atoms with Crippen molar-refractivity contribution in [3.8, 4) is 5.69 Å². The van der Waals surface area contributed by atoms with Gasteiger partial charge in [-0.05, 0) is 55.4 Å². The van der Waals surface area contributed by atoms with Gasteiger partial charge in [-0.3, -0.25) is 9.59 Å². The molecule has 0 saturated carbocycles. The predicted molar refractivity (Wildman–Crippen MR) is 116 cm³/mol. The van der Waals surface area contributed by atoms with E-state index in [2.05, 4.69) is 36.2 Å². The predicted octanol–water partition coefficient (Wildman–Crippen LogP) is 3.74. The van der Waals surface area contributed by atoms with Crippen LogP contribution in [0.2, 0.25) is 5.02 Å². The molecule has 2 unspecified atom stereocenters. The van der Waals surface area contributed by atoms with Crippen LogP contribution in [-0.4, -0.2) is 43.6 Å². The van der Waals surface area contributed by atoms with E-state index < -0.39 is 6.04 Å². The van der Waals surface area contributed by atoms with Crippen LogP contribution in [0.4, 0.5) is 0 Å². The summed E-state index contributed by atoms with van der Waals surface area (Å²) < 4.78 is 1.64. The zero-order chi connectivity index (χ0) is 21.9. The van der Waals surface area contributed by atoms with Gasteiger partial charge in [-0.1, -0.05) is 32.4 Å². The summed E-state index contributed by atoms with van der Waals surface area (Å²) in [7, 11) is 0. The van der Waals surface area contributed by atoms with Gasteiger partial charge in [0.15, 0.2) is 0 Å².